The predicted molar refractivity (Wildman–Crippen MR) is 354 cm³/mol. The SMILES string of the molecule is CC1(C)OB(c2cccc3c2-c2ccccc2C3(c2ccccc2)c2ccccc2)OC1(C)C.O=C1Nc2ccc(-c3cccc4c3-c3ccccc3C4(c3ccccc3)c3ccccc3)c3cccc1c23.O=C1Nc2ccc(Br)c3cccc1c23. The molecule has 0 atom stereocenters. The molecule has 0 aromatic heterocycles. The first-order valence-corrected chi connectivity index (χ1v) is 30.2. The molecule has 0 unspecified atom stereocenters. The highest BCUT2D eigenvalue weighted by Crippen LogP contribution is 2.60. The second-order valence-corrected chi connectivity index (χ2v) is 24.6. The zero-order chi connectivity index (χ0) is 58.5. The molecule has 0 radical (unpaired) electrons. The predicted octanol–water partition coefficient (Wildman–Crippen LogP) is 18.0. The number of carbonyl (C=O) groups is 2. The molecule has 12 aromatic rings. The molecule has 0 bridgehead atoms. The largest absolute Gasteiger partial charge is 0.495 e. The van der Waals surface area contributed by atoms with Crippen LogP contribution in [-0.2, 0) is 20.1 Å². The standard InChI is InChI=1S/C36H23NO.C31H29BO2.C11H6BrNO/c38-35-29-18-9-16-27-25(21-22-32(37-35)34(27)29)26-17-10-20-31-33(26)28-15-7-8-19-30(28)36(31,23-11-3-1-4-12-23)24-13-5-2-6-14-24;1-29(2)30(3,4)34-32(33-29)27-21-13-20-26-28(27)24-18-11-12-19-25(24)31(26,22-14-7-5-8-15-22)23-16-9-6-10-17-23;12-8-4-5-9-10-6(8)2-1-3-7(10)11(14)13-9/h1-22H,(H,37,38);5-21H,1-4H3;1-5H,(H,13,14). The van der Waals surface area contributed by atoms with E-state index in [1.165, 1.54) is 72.3 Å². The quantitative estimate of drug-likeness (QED) is 0.163. The molecule has 1 saturated heterocycles. The molecule has 3 heterocycles. The number of hydrogen-bond acceptors (Lipinski definition) is 4. The Morgan fingerprint density at radius 2 is 0.709 bits per heavy atom. The minimum absolute atomic E-state index is 0.0105. The van der Waals surface area contributed by atoms with Crippen molar-refractivity contribution in [2.24, 2.45) is 0 Å². The van der Waals surface area contributed by atoms with Crippen molar-refractivity contribution in [1.29, 1.82) is 0 Å². The maximum absolute atomic E-state index is 12.6. The summed E-state index contributed by atoms with van der Waals surface area (Å²) in [5.41, 5.74) is 20.3. The molecular weight excluding hydrogens is 1120 g/mol. The van der Waals surface area contributed by atoms with E-state index in [-0.39, 0.29) is 11.8 Å². The molecule has 0 saturated carbocycles. The lowest BCUT2D eigenvalue weighted by Gasteiger charge is -2.34. The molecule has 6 nitrogen and oxygen atoms in total. The van der Waals surface area contributed by atoms with Gasteiger partial charge in [0.25, 0.3) is 11.8 Å². The van der Waals surface area contributed by atoms with E-state index in [9.17, 15) is 9.59 Å². The van der Waals surface area contributed by atoms with Gasteiger partial charge in [-0.25, -0.2) is 0 Å². The molecular formula is C78H58BBrN2O4. The van der Waals surface area contributed by atoms with E-state index in [1.54, 1.807) is 0 Å². The van der Waals surface area contributed by atoms with Gasteiger partial charge in [0.15, 0.2) is 0 Å². The molecule has 8 heteroatoms. The first kappa shape index (κ1) is 53.3. The summed E-state index contributed by atoms with van der Waals surface area (Å²) >= 11 is 3.47. The highest BCUT2D eigenvalue weighted by molar-refractivity contribution is 9.10. The van der Waals surface area contributed by atoms with Crippen LogP contribution in [0.25, 0.3) is 54.9 Å². The van der Waals surface area contributed by atoms with Gasteiger partial charge < -0.3 is 19.9 Å². The van der Waals surface area contributed by atoms with Crippen LogP contribution in [-0.4, -0.2) is 30.1 Å². The Labute approximate surface area is 509 Å². The monoisotopic (exact) mass is 1180 g/mol. The van der Waals surface area contributed by atoms with Gasteiger partial charge in [0.2, 0.25) is 0 Å². The summed E-state index contributed by atoms with van der Waals surface area (Å²) in [4.78, 5) is 24.2. The number of rotatable bonds is 6. The molecule has 3 aliphatic heterocycles. The number of halogens is 1. The fourth-order valence-electron chi connectivity index (χ4n) is 14.4. The van der Waals surface area contributed by atoms with Crippen LogP contribution < -0.4 is 16.1 Å². The van der Waals surface area contributed by atoms with Gasteiger partial charge in [-0.2, -0.15) is 0 Å². The number of fused-ring (bicyclic) bond motifs is 6. The molecule has 1 fully saturated rings. The van der Waals surface area contributed by atoms with E-state index in [2.05, 4.69) is 273 Å². The Balaban J connectivity index is 0.000000119. The van der Waals surface area contributed by atoms with E-state index >= 15 is 0 Å². The molecule has 2 aliphatic carbocycles. The second-order valence-electron chi connectivity index (χ2n) is 23.8. The fraction of sp³-hybridized carbons (Fsp3) is 0.103. The summed E-state index contributed by atoms with van der Waals surface area (Å²) in [5, 5.41) is 10.1. The molecule has 86 heavy (non-hydrogen) atoms. The third-order valence-corrected chi connectivity index (χ3v) is 19.5. The average molecular weight is 1180 g/mol. The van der Waals surface area contributed by atoms with Gasteiger partial charge in [0.05, 0.1) is 22.0 Å². The van der Waals surface area contributed by atoms with Crippen molar-refractivity contribution in [3.8, 4) is 33.4 Å². The van der Waals surface area contributed by atoms with E-state index in [4.69, 9.17) is 9.31 Å². The van der Waals surface area contributed by atoms with Crippen LogP contribution in [0.3, 0.4) is 0 Å². The molecule has 12 aromatic carbocycles. The van der Waals surface area contributed by atoms with Crippen molar-refractivity contribution in [2.45, 2.75) is 49.7 Å². The average Bonchev–Trinajstić information content (AvgIpc) is 1.55. The lowest BCUT2D eigenvalue weighted by Crippen LogP contribution is -2.41. The van der Waals surface area contributed by atoms with E-state index in [0.29, 0.717) is 0 Å². The Kier molecular flexibility index (Phi) is 12.6. The van der Waals surface area contributed by atoms with Gasteiger partial charge >= 0.3 is 7.12 Å². The third kappa shape index (κ3) is 7.93. The van der Waals surface area contributed by atoms with Crippen molar-refractivity contribution < 1.29 is 18.9 Å². The van der Waals surface area contributed by atoms with Crippen LogP contribution in [0.2, 0.25) is 0 Å². The van der Waals surface area contributed by atoms with Gasteiger partial charge in [-0.1, -0.05) is 253 Å². The van der Waals surface area contributed by atoms with Crippen molar-refractivity contribution in [3.05, 3.63) is 327 Å². The molecule has 5 aliphatic rings. The van der Waals surface area contributed by atoms with Gasteiger partial charge in [-0.15, -0.1) is 0 Å². The maximum atomic E-state index is 12.6. The number of carbonyl (C=O) groups excluding carboxylic acids is 2. The highest BCUT2D eigenvalue weighted by atomic mass is 79.9. The Bertz CT molecular complexity index is 4620. The third-order valence-electron chi connectivity index (χ3n) is 18.8. The minimum atomic E-state index is -0.434. The topological polar surface area (TPSA) is 76.7 Å². The number of anilines is 2. The zero-order valence-corrected chi connectivity index (χ0v) is 49.6. The summed E-state index contributed by atoms with van der Waals surface area (Å²) in [5.74, 6) is -0.0396. The van der Waals surface area contributed by atoms with E-state index < -0.39 is 29.2 Å². The summed E-state index contributed by atoms with van der Waals surface area (Å²) in [6.07, 6.45) is 0. The van der Waals surface area contributed by atoms with Gasteiger partial charge in [0.1, 0.15) is 0 Å². The fourth-order valence-corrected chi connectivity index (χ4v) is 14.8. The number of nitrogens with one attached hydrogen (secondary N) is 2. The summed E-state index contributed by atoms with van der Waals surface area (Å²) in [6.45, 7) is 8.45. The van der Waals surface area contributed by atoms with Crippen molar-refractivity contribution in [1.82, 2.24) is 0 Å². The van der Waals surface area contributed by atoms with Crippen LogP contribution >= 0.6 is 15.9 Å². The van der Waals surface area contributed by atoms with Crippen LogP contribution in [0, 0.1) is 0 Å². The van der Waals surface area contributed by atoms with Crippen LogP contribution in [0.4, 0.5) is 11.4 Å². The molecule has 2 amide bonds. The van der Waals surface area contributed by atoms with Gasteiger partial charge in [0, 0.05) is 37.7 Å². The van der Waals surface area contributed by atoms with E-state index in [1.807, 2.05) is 48.5 Å². The van der Waals surface area contributed by atoms with Crippen molar-refractivity contribution in [3.63, 3.8) is 0 Å². The van der Waals surface area contributed by atoms with E-state index in [0.717, 1.165) is 59.5 Å². The highest BCUT2D eigenvalue weighted by Gasteiger charge is 2.55. The van der Waals surface area contributed by atoms with Gasteiger partial charge in [-0.05, 0) is 152 Å². The smallest absolute Gasteiger partial charge is 0.399 e. The summed E-state index contributed by atoms with van der Waals surface area (Å²) in [6, 6.07) is 94.3. The Hall–Kier alpha value is -9.44. The first-order valence-electron chi connectivity index (χ1n) is 29.4. The maximum Gasteiger partial charge on any atom is 0.495 e. The Morgan fingerprint density at radius 1 is 0.337 bits per heavy atom. The number of benzene rings is 12. The lowest BCUT2D eigenvalue weighted by molar-refractivity contribution is 0.00578. The summed E-state index contributed by atoms with van der Waals surface area (Å²) < 4.78 is 14.1. The van der Waals surface area contributed by atoms with Crippen molar-refractivity contribution in [2.75, 3.05) is 10.6 Å². The van der Waals surface area contributed by atoms with Gasteiger partial charge in [-0.3, -0.25) is 9.59 Å². The normalized spacial score (nSPS) is 16.0. The molecule has 414 valence electrons. The molecule has 0 spiro atoms. The first-order chi connectivity index (χ1) is 41.9. The minimum Gasteiger partial charge on any atom is -0.399 e. The second kappa shape index (κ2) is 20.4. The number of hydrogen-bond donors (Lipinski definition) is 2. The van der Waals surface area contributed by atoms with Crippen LogP contribution in [0.15, 0.2) is 271 Å². The van der Waals surface area contributed by atoms with Crippen LogP contribution in [0.5, 0.6) is 0 Å². The zero-order valence-electron chi connectivity index (χ0n) is 48.0. The van der Waals surface area contributed by atoms with Crippen LogP contribution in [0.1, 0.15) is 92.9 Å². The molecule has 17 rings (SSSR count). The molecule has 2 N–H and O–H groups in total. The lowest BCUT2D eigenvalue weighted by atomic mass is 9.66. The van der Waals surface area contributed by atoms with Crippen molar-refractivity contribution >= 4 is 73.2 Å². The number of amides is 2. The summed E-state index contributed by atoms with van der Waals surface area (Å²) in [7, 11) is -0.421. The Morgan fingerprint density at radius 3 is 1.22 bits per heavy atom.